The number of ether oxygens (including phenoxy) is 2. The molecular formula is C25H31N3O4. The van der Waals surface area contributed by atoms with Crippen LogP contribution in [0.3, 0.4) is 0 Å². The molecule has 4 rings (SSSR count). The van der Waals surface area contributed by atoms with E-state index in [1.165, 1.54) is 0 Å². The van der Waals surface area contributed by atoms with Crippen LogP contribution in [0.5, 0.6) is 5.75 Å². The summed E-state index contributed by atoms with van der Waals surface area (Å²) in [4.78, 5) is 25.7. The minimum Gasteiger partial charge on any atom is -0.491 e. The Morgan fingerprint density at radius 2 is 2.00 bits per heavy atom. The lowest BCUT2D eigenvalue weighted by molar-refractivity contribution is 0.0239. The zero-order valence-corrected chi connectivity index (χ0v) is 18.7. The third kappa shape index (κ3) is 4.23. The molecule has 2 aromatic rings. The third-order valence-electron chi connectivity index (χ3n) is 6.49. The van der Waals surface area contributed by atoms with Gasteiger partial charge in [0.1, 0.15) is 12.4 Å². The lowest BCUT2D eigenvalue weighted by Gasteiger charge is -2.27. The first-order valence-corrected chi connectivity index (χ1v) is 11.3. The highest BCUT2D eigenvalue weighted by Gasteiger charge is 2.43. The molecule has 0 bridgehead atoms. The molecule has 2 aliphatic rings. The summed E-state index contributed by atoms with van der Waals surface area (Å²) in [5.74, 6) is 0.0949. The van der Waals surface area contributed by atoms with Crippen molar-refractivity contribution in [2.24, 2.45) is 0 Å². The minimum absolute atomic E-state index is 0.102. The van der Waals surface area contributed by atoms with Gasteiger partial charge in [-0.1, -0.05) is 37.3 Å². The zero-order valence-electron chi connectivity index (χ0n) is 18.7. The van der Waals surface area contributed by atoms with Crippen LogP contribution in [0.15, 0.2) is 42.5 Å². The largest absolute Gasteiger partial charge is 0.491 e. The lowest BCUT2D eigenvalue weighted by atomic mass is 9.73. The molecule has 0 aromatic heterocycles. The van der Waals surface area contributed by atoms with Crippen molar-refractivity contribution in [1.82, 2.24) is 16.0 Å². The van der Waals surface area contributed by atoms with Crippen LogP contribution in [0, 0.1) is 0 Å². The molecule has 7 heteroatoms. The Balaban J connectivity index is 1.64. The van der Waals surface area contributed by atoms with E-state index in [9.17, 15) is 9.59 Å². The summed E-state index contributed by atoms with van der Waals surface area (Å²) in [7, 11) is 1.58. The predicted octanol–water partition coefficient (Wildman–Crippen LogP) is 2.24. The van der Waals surface area contributed by atoms with Gasteiger partial charge in [-0.25, -0.2) is 0 Å². The van der Waals surface area contributed by atoms with Crippen LogP contribution >= 0.6 is 0 Å². The van der Waals surface area contributed by atoms with E-state index < -0.39 is 5.41 Å². The molecule has 0 aliphatic carbocycles. The quantitative estimate of drug-likeness (QED) is 0.618. The summed E-state index contributed by atoms with van der Waals surface area (Å²) in [6, 6.07) is 13.7. The molecule has 7 nitrogen and oxygen atoms in total. The Hall–Kier alpha value is -2.90. The van der Waals surface area contributed by atoms with Crippen molar-refractivity contribution in [3.8, 4) is 5.75 Å². The maximum atomic E-state index is 13.0. The molecule has 1 saturated heterocycles. The van der Waals surface area contributed by atoms with Gasteiger partial charge in [0, 0.05) is 37.8 Å². The van der Waals surface area contributed by atoms with Gasteiger partial charge in [-0.05, 0) is 30.5 Å². The Kier molecular flexibility index (Phi) is 6.77. The Bertz CT molecular complexity index is 973. The van der Waals surface area contributed by atoms with Crippen molar-refractivity contribution in [3.63, 3.8) is 0 Å². The van der Waals surface area contributed by atoms with Crippen LogP contribution < -0.4 is 20.7 Å². The molecule has 0 radical (unpaired) electrons. The molecule has 2 amide bonds. The van der Waals surface area contributed by atoms with E-state index in [1.54, 1.807) is 13.1 Å². The second kappa shape index (κ2) is 9.71. The van der Waals surface area contributed by atoms with Crippen LogP contribution in [0.4, 0.5) is 0 Å². The average molecular weight is 438 g/mol. The highest BCUT2D eigenvalue weighted by Crippen LogP contribution is 2.47. The van der Waals surface area contributed by atoms with Gasteiger partial charge < -0.3 is 25.4 Å². The topological polar surface area (TPSA) is 88.7 Å². The van der Waals surface area contributed by atoms with Crippen LogP contribution in [0.2, 0.25) is 0 Å². The summed E-state index contributed by atoms with van der Waals surface area (Å²) < 4.78 is 11.8. The van der Waals surface area contributed by atoms with Gasteiger partial charge in [0.25, 0.3) is 11.8 Å². The van der Waals surface area contributed by atoms with Crippen molar-refractivity contribution in [1.29, 1.82) is 0 Å². The number of fused-ring (bicyclic) bond motifs is 1. The maximum Gasteiger partial charge on any atom is 0.254 e. The Morgan fingerprint density at radius 3 is 2.69 bits per heavy atom. The molecule has 32 heavy (non-hydrogen) atoms. The van der Waals surface area contributed by atoms with E-state index in [2.05, 4.69) is 35.0 Å². The second-order valence-electron chi connectivity index (χ2n) is 8.31. The summed E-state index contributed by atoms with van der Waals surface area (Å²) in [5, 5.41) is 8.96. The number of amides is 2. The van der Waals surface area contributed by atoms with Gasteiger partial charge in [-0.2, -0.15) is 0 Å². The van der Waals surface area contributed by atoms with Crippen LogP contribution in [0.25, 0.3) is 0 Å². The molecule has 0 unspecified atom stereocenters. The summed E-state index contributed by atoms with van der Waals surface area (Å²) in [5.41, 5.74) is 2.45. The van der Waals surface area contributed by atoms with E-state index in [1.807, 2.05) is 24.3 Å². The molecule has 2 aromatic carbocycles. The smallest absolute Gasteiger partial charge is 0.254 e. The highest BCUT2D eigenvalue weighted by atomic mass is 16.5. The average Bonchev–Trinajstić information content (AvgIpc) is 3.24. The zero-order chi connectivity index (χ0) is 22.6. The van der Waals surface area contributed by atoms with E-state index >= 15 is 0 Å². The minimum atomic E-state index is -0.405. The molecule has 3 N–H and O–H groups in total. The van der Waals surface area contributed by atoms with Crippen molar-refractivity contribution in [3.05, 3.63) is 64.7 Å². The monoisotopic (exact) mass is 437 g/mol. The van der Waals surface area contributed by atoms with Crippen molar-refractivity contribution < 1.29 is 19.1 Å². The number of hydrogen-bond acceptors (Lipinski definition) is 5. The fourth-order valence-corrected chi connectivity index (χ4v) is 4.59. The Morgan fingerprint density at radius 1 is 1.19 bits per heavy atom. The van der Waals surface area contributed by atoms with E-state index in [4.69, 9.17) is 9.47 Å². The molecule has 0 saturated carbocycles. The summed E-state index contributed by atoms with van der Waals surface area (Å²) in [6.45, 7) is 5.40. The fourth-order valence-electron chi connectivity index (χ4n) is 4.59. The van der Waals surface area contributed by atoms with Crippen molar-refractivity contribution in [2.45, 2.75) is 31.3 Å². The van der Waals surface area contributed by atoms with Crippen LogP contribution in [0.1, 0.15) is 51.6 Å². The number of hydrogen-bond donors (Lipinski definition) is 3. The first-order chi connectivity index (χ1) is 15.6. The van der Waals surface area contributed by atoms with E-state index in [-0.39, 0.29) is 17.9 Å². The molecule has 170 valence electrons. The number of carbonyl (C=O) groups excluding carboxylic acids is 2. The summed E-state index contributed by atoms with van der Waals surface area (Å²) >= 11 is 0. The van der Waals surface area contributed by atoms with Gasteiger partial charge in [0.2, 0.25) is 0 Å². The van der Waals surface area contributed by atoms with Gasteiger partial charge in [-0.3, -0.25) is 9.59 Å². The van der Waals surface area contributed by atoms with Crippen molar-refractivity contribution in [2.75, 3.05) is 39.9 Å². The summed E-state index contributed by atoms with van der Waals surface area (Å²) in [6.07, 6.45) is 1.62. The number of benzene rings is 2. The standard InChI is InChI=1S/C25H31N3O4/c1-3-25(18-7-5-4-6-8-18)16-32-22-20(24(30)26-2)13-17(14-21(22)25)23(29)28-10-9-19-15-27-11-12-31-19/h4-8,13-14,19,27H,3,9-12,15-16H2,1-2H3,(H,26,30)(H,28,29)/t19-,25-/m1/s1. The molecule has 2 atom stereocenters. The molecule has 1 fully saturated rings. The molecule has 2 heterocycles. The first kappa shape index (κ1) is 22.3. The highest BCUT2D eigenvalue weighted by molar-refractivity contribution is 6.02. The maximum absolute atomic E-state index is 13.0. The lowest BCUT2D eigenvalue weighted by Crippen LogP contribution is -2.40. The van der Waals surface area contributed by atoms with Crippen LogP contribution in [-0.2, 0) is 10.2 Å². The van der Waals surface area contributed by atoms with Gasteiger partial charge >= 0.3 is 0 Å². The van der Waals surface area contributed by atoms with Crippen molar-refractivity contribution >= 4 is 11.8 Å². The van der Waals surface area contributed by atoms with Gasteiger partial charge in [0.15, 0.2) is 0 Å². The van der Waals surface area contributed by atoms with E-state index in [0.29, 0.717) is 36.6 Å². The molecule has 2 aliphatic heterocycles. The number of nitrogens with one attached hydrogen (secondary N) is 3. The third-order valence-corrected chi connectivity index (χ3v) is 6.49. The Labute approximate surface area is 188 Å². The molecule has 0 spiro atoms. The van der Waals surface area contributed by atoms with Gasteiger partial charge in [0.05, 0.1) is 23.7 Å². The van der Waals surface area contributed by atoms with Gasteiger partial charge in [-0.15, -0.1) is 0 Å². The van der Waals surface area contributed by atoms with E-state index in [0.717, 1.165) is 37.1 Å². The fraction of sp³-hybridized carbons (Fsp3) is 0.440. The number of carbonyl (C=O) groups is 2. The number of morpholine rings is 1. The van der Waals surface area contributed by atoms with Crippen LogP contribution in [-0.4, -0.2) is 57.8 Å². The first-order valence-electron chi connectivity index (χ1n) is 11.3. The normalized spacial score (nSPS) is 22.0. The molecular weight excluding hydrogens is 406 g/mol. The second-order valence-corrected chi connectivity index (χ2v) is 8.31. The number of rotatable bonds is 7. The predicted molar refractivity (Wildman–Crippen MR) is 122 cm³/mol. The SMILES string of the molecule is CC[C@]1(c2ccccc2)COc2c(C(=O)NC)cc(C(=O)NCC[C@@H]3CNCCO3)cc21.